The number of likely N-dealkylation sites (tertiary alicyclic amines) is 2. The van der Waals surface area contributed by atoms with Crippen molar-refractivity contribution in [3.8, 4) is 0 Å². The van der Waals surface area contributed by atoms with E-state index in [1.54, 1.807) is 23.8 Å². The van der Waals surface area contributed by atoms with E-state index in [4.69, 9.17) is 0 Å². The zero-order valence-corrected chi connectivity index (χ0v) is 24.8. The second-order valence-corrected chi connectivity index (χ2v) is 14.3. The molecule has 4 fully saturated rings. The van der Waals surface area contributed by atoms with E-state index in [2.05, 4.69) is 29.1 Å². The molecule has 2 saturated carbocycles. The standard InChI is InChI=1S/C30H39F2N5O4S/c1-28(2)10-19(28)26(40)37-15-29(16-37)14-36(27(41)24-11-33-17-42-24)12-20(29)25(39)35-23(13-38)22-5-3-4-21(34-22)18-6-8-30(31,32)9-7-18/h3-5,11,17-20,23,27,38,41H,6-10,12-16H2,1-2H3,(H,35,39)/t19-,20+,23?,27?/m1/s1. The van der Waals surface area contributed by atoms with Gasteiger partial charge in [0.1, 0.15) is 6.23 Å². The molecule has 2 aromatic heterocycles. The summed E-state index contributed by atoms with van der Waals surface area (Å²) < 4.78 is 27.4. The first-order valence-electron chi connectivity index (χ1n) is 14.8. The summed E-state index contributed by atoms with van der Waals surface area (Å²) >= 11 is 1.34. The number of nitrogens with zero attached hydrogens (tertiary/aromatic N) is 4. The van der Waals surface area contributed by atoms with Gasteiger partial charge in [-0.1, -0.05) is 19.9 Å². The first kappa shape index (κ1) is 29.5. The highest BCUT2D eigenvalue weighted by Gasteiger charge is 2.62. The summed E-state index contributed by atoms with van der Waals surface area (Å²) in [5.41, 5.74) is 2.32. The Morgan fingerprint density at radius 2 is 1.88 bits per heavy atom. The predicted molar refractivity (Wildman–Crippen MR) is 151 cm³/mol. The molecule has 2 aromatic rings. The molecule has 2 unspecified atom stereocenters. The molecular weight excluding hydrogens is 564 g/mol. The van der Waals surface area contributed by atoms with Crippen LogP contribution in [0, 0.1) is 22.7 Å². The van der Waals surface area contributed by atoms with Crippen molar-refractivity contribution >= 4 is 23.2 Å². The van der Waals surface area contributed by atoms with Crippen molar-refractivity contribution in [1.29, 1.82) is 0 Å². The fourth-order valence-corrected chi connectivity index (χ4v) is 7.73. The molecule has 4 heterocycles. The van der Waals surface area contributed by atoms with Gasteiger partial charge < -0.3 is 20.4 Å². The predicted octanol–water partition coefficient (Wildman–Crippen LogP) is 3.48. The number of hydrogen-bond donors (Lipinski definition) is 3. The normalized spacial score (nSPS) is 27.8. The molecule has 0 radical (unpaired) electrons. The average molecular weight is 604 g/mol. The largest absolute Gasteiger partial charge is 0.394 e. The lowest BCUT2D eigenvalue weighted by Crippen LogP contribution is -2.64. The van der Waals surface area contributed by atoms with E-state index in [0.717, 1.165) is 6.42 Å². The first-order valence-corrected chi connectivity index (χ1v) is 15.6. The zero-order chi connectivity index (χ0) is 29.9. The Bertz CT molecular complexity index is 1310. The fraction of sp³-hybridized carbons (Fsp3) is 0.667. The number of carbonyl (C=O) groups is 2. The molecule has 2 amide bonds. The lowest BCUT2D eigenvalue weighted by molar-refractivity contribution is -0.152. The summed E-state index contributed by atoms with van der Waals surface area (Å²) in [6.07, 6.45) is 1.92. The van der Waals surface area contributed by atoms with Crippen LogP contribution in [0.15, 0.2) is 29.9 Å². The number of alkyl halides is 2. The molecule has 228 valence electrons. The Kier molecular flexibility index (Phi) is 7.64. The number of halogens is 2. The van der Waals surface area contributed by atoms with Gasteiger partial charge in [-0.2, -0.15) is 0 Å². The van der Waals surface area contributed by atoms with Crippen LogP contribution in [0.3, 0.4) is 0 Å². The van der Waals surface area contributed by atoms with E-state index in [9.17, 15) is 28.6 Å². The van der Waals surface area contributed by atoms with Crippen LogP contribution < -0.4 is 5.32 Å². The van der Waals surface area contributed by atoms with E-state index in [-0.39, 0.29) is 48.5 Å². The van der Waals surface area contributed by atoms with Gasteiger partial charge in [-0.3, -0.25) is 24.5 Å². The zero-order valence-electron chi connectivity index (χ0n) is 24.0. The van der Waals surface area contributed by atoms with Crippen molar-refractivity contribution in [2.75, 3.05) is 32.8 Å². The number of amides is 2. The molecule has 2 saturated heterocycles. The van der Waals surface area contributed by atoms with Crippen molar-refractivity contribution in [2.24, 2.45) is 22.7 Å². The van der Waals surface area contributed by atoms with Crippen molar-refractivity contribution in [3.63, 3.8) is 0 Å². The van der Waals surface area contributed by atoms with E-state index in [0.29, 0.717) is 55.3 Å². The molecule has 4 aliphatic rings. The topological polar surface area (TPSA) is 119 Å². The highest BCUT2D eigenvalue weighted by molar-refractivity contribution is 7.09. The number of thiazole rings is 1. The minimum absolute atomic E-state index is 0.00900. The van der Waals surface area contributed by atoms with Crippen LogP contribution in [0.25, 0.3) is 0 Å². The quantitative estimate of drug-likeness (QED) is 0.423. The molecule has 42 heavy (non-hydrogen) atoms. The van der Waals surface area contributed by atoms with Gasteiger partial charge in [0.2, 0.25) is 17.7 Å². The molecule has 1 spiro atoms. The van der Waals surface area contributed by atoms with Gasteiger partial charge in [-0.25, -0.2) is 8.78 Å². The summed E-state index contributed by atoms with van der Waals surface area (Å²) in [4.78, 5) is 40.1. The molecule has 2 aliphatic carbocycles. The SMILES string of the molecule is CC1(C)C[C@@H]1C(=O)N1CC2(C1)CN(C(O)c1cncs1)C[C@H]2C(=O)NC(CO)c1cccc(C2CCC(F)(F)CC2)n1. The van der Waals surface area contributed by atoms with E-state index < -0.39 is 29.5 Å². The summed E-state index contributed by atoms with van der Waals surface area (Å²) in [7, 11) is 0. The van der Waals surface area contributed by atoms with Crippen molar-refractivity contribution in [1.82, 2.24) is 25.1 Å². The molecule has 6 rings (SSSR count). The van der Waals surface area contributed by atoms with Gasteiger partial charge in [0.25, 0.3) is 0 Å². The smallest absolute Gasteiger partial charge is 0.248 e. The lowest BCUT2D eigenvalue weighted by Gasteiger charge is -2.51. The number of aliphatic hydroxyl groups is 2. The molecule has 12 heteroatoms. The van der Waals surface area contributed by atoms with Crippen molar-refractivity contribution in [2.45, 2.75) is 70.1 Å². The number of aromatic nitrogens is 2. The minimum Gasteiger partial charge on any atom is -0.394 e. The molecule has 2 aliphatic heterocycles. The summed E-state index contributed by atoms with van der Waals surface area (Å²) in [5.74, 6) is -3.37. The monoisotopic (exact) mass is 603 g/mol. The van der Waals surface area contributed by atoms with Crippen LogP contribution in [-0.4, -0.2) is 80.5 Å². The maximum absolute atomic E-state index is 13.9. The van der Waals surface area contributed by atoms with E-state index in [1.165, 1.54) is 11.3 Å². The maximum Gasteiger partial charge on any atom is 0.248 e. The average Bonchev–Trinajstić information content (AvgIpc) is 3.32. The van der Waals surface area contributed by atoms with Gasteiger partial charge in [0, 0.05) is 68.2 Å². The van der Waals surface area contributed by atoms with Gasteiger partial charge in [0.05, 0.1) is 34.6 Å². The van der Waals surface area contributed by atoms with Gasteiger partial charge in [0.15, 0.2) is 0 Å². The molecule has 0 bridgehead atoms. The third-order valence-electron chi connectivity index (χ3n) is 9.96. The summed E-state index contributed by atoms with van der Waals surface area (Å²) in [6.45, 7) is 5.42. The second kappa shape index (κ2) is 10.9. The maximum atomic E-state index is 13.9. The fourth-order valence-electron chi connectivity index (χ4n) is 7.10. The van der Waals surface area contributed by atoms with Crippen LogP contribution in [-0.2, 0) is 9.59 Å². The molecular formula is C30H39F2N5O4S. The number of nitrogens with one attached hydrogen (secondary N) is 1. The number of rotatable bonds is 8. The first-order chi connectivity index (χ1) is 19.9. The third kappa shape index (κ3) is 5.58. The van der Waals surface area contributed by atoms with E-state index >= 15 is 0 Å². The van der Waals surface area contributed by atoms with Crippen molar-refractivity contribution < 1.29 is 28.6 Å². The van der Waals surface area contributed by atoms with Gasteiger partial charge in [-0.15, -0.1) is 11.3 Å². The summed E-state index contributed by atoms with van der Waals surface area (Å²) in [6, 6.07) is 4.57. The molecule has 0 aromatic carbocycles. The molecule has 3 N–H and O–H groups in total. The number of carbonyl (C=O) groups excluding carboxylic acids is 2. The minimum atomic E-state index is -2.63. The van der Waals surface area contributed by atoms with Crippen LogP contribution in [0.1, 0.15) is 80.4 Å². The molecule has 4 atom stereocenters. The van der Waals surface area contributed by atoms with Crippen molar-refractivity contribution in [3.05, 3.63) is 46.2 Å². The summed E-state index contributed by atoms with van der Waals surface area (Å²) in [5, 5.41) is 24.3. The second-order valence-electron chi connectivity index (χ2n) is 13.4. The van der Waals surface area contributed by atoms with Gasteiger partial charge >= 0.3 is 0 Å². The van der Waals surface area contributed by atoms with Crippen LogP contribution in [0.4, 0.5) is 8.78 Å². The Morgan fingerprint density at radius 1 is 1.17 bits per heavy atom. The lowest BCUT2D eigenvalue weighted by atomic mass is 9.70. The van der Waals surface area contributed by atoms with Crippen LogP contribution >= 0.6 is 11.3 Å². The highest BCUT2D eigenvalue weighted by atomic mass is 32.1. The molecule has 9 nitrogen and oxygen atoms in total. The van der Waals surface area contributed by atoms with E-state index in [1.807, 2.05) is 15.9 Å². The Balaban J connectivity index is 1.17. The Labute approximate surface area is 248 Å². The number of hydrogen-bond acceptors (Lipinski definition) is 8. The van der Waals surface area contributed by atoms with Gasteiger partial charge in [-0.05, 0) is 36.8 Å². The van der Waals surface area contributed by atoms with Crippen LogP contribution in [0.5, 0.6) is 0 Å². The number of aliphatic hydroxyl groups excluding tert-OH is 2. The number of pyridine rings is 1. The Morgan fingerprint density at radius 3 is 2.50 bits per heavy atom. The van der Waals surface area contributed by atoms with Crippen LogP contribution in [0.2, 0.25) is 0 Å². The highest BCUT2D eigenvalue weighted by Crippen LogP contribution is 2.55. The Hall–Kier alpha value is -2.54. The third-order valence-corrected chi connectivity index (χ3v) is 10.8.